The number of nitrogens with one attached hydrogen (secondary N) is 2. The van der Waals surface area contributed by atoms with Gasteiger partial charge in [0, 0.05) is 18.3 Å². The molecule has 122 valence electrons. The summed E-state index contributed by atoms with van der Waals surface area (Å²) < 4.78 is 25.8. The number of amides is 2. The first-order valence-corrected chi connectivity index (χ1v) is 6.94. The Balaban J connectivity index is 2.59. The third kappa shape index (κ3) is 4.77. The monoisotopic (exact) mass is 314 g/mol. The molecular formula is C15H20F2N2O3. The Morgan fingerprint density at radius 3 is 2.45 bits per heavy atom. The predicted molar refractivity (Wildman–Crippen MR) is 78.1 cm³/mol. The normalized spacial score (nSPS) is 14.8. The summed E-state index contributed by atoms with van der Waals surface area (Å²) >= 11 is 0. The number of carbonyl (C=O) groups excluding carboxylic acids is 2. The molecule has 0 spiro atoms. The van der Waals surface area contributed by atoms with Crippen molar-refractivity contribution in [3.05, 3.63) is 29.8 Å². The first kappa shape index (κ1) is 18.0. The van der Waals surface area contributed by atoms with E-state index in [-0.39, 0.29) is 18.2 Å². The van der Waals surface area contributed by atoms with Gasteiger partial charge in [0.15, 0.2) is 11.6 Å². The van der Waals surface area contributed by atoms with Crippen molar-refractivity contribution in [2.45, 2.75) is 32.8 Å². The Hall–Kier alpha value is -2.02. The van der Waals surface area contributed by atoms with E-state index in [1.165, 1.54) is 0 Å². The van der Waals surface area contributed by atoms with Gasteiger partial charge in [-0.05, 0) is 25.0 Å². The zero-order chi connectivity index (χ0) is 16.9. The maximum absolute atomic E-state index is 13.0. The van der Waals surface area contributed by atoms with Crippen molar-refractivity contribution in [1.82, 2.24) is 5.32 Å². The lowest BCUT2D eigenvalue weighted by Crippen LogP contribution is -2.47. The number of hydrogen-bond acceptors (Lipinski definition) is 3. The van der Waals surface area contributed by atoms with Crippen molar-refractivity contribution in [2.24, 2.45) is 5.92 Å². The summed E-state index contributed by atoms with van der Waals surface area (Å²) in [5.74, 6) is -4.23. The molecular weight excluding hydrogens is 294 g/mol. The molecule has 5 nitrogen and oxygen atoms in total. The molecule has 0 saturated carbocycles. The van der Waals surface area contributed by atoms with Crippen LogP contribution in [-0.2, 0) is 9.59 Å². The van der Waals surface area contributed by atoms with E-state index in [1.807, 2.05) is 13.8 Å². The van der Waals surface area contributed by atoms with E-state index in [0.717, 1.165) is 18.2 Å². The predicted octanol–water partition coefficient (Wildman–Crippen LogP) is 1.82. The van der Waals surface area contributed by atoms with E-state index in [4.69, 9.17) is 0 Å². The Kier molecular flexibility index (Phi) is 5.99. The molecule has 0 saturated heterocycles. The molecule has 0 heterocycles. The topological polar surface area (TPSA) is 78.4 Å². The number of hydrogen-bond donors (Lipinski definition) is 3. The van der Waals surface area contributed by atoms with E-state index in [2.05, 4.69) is 10.6 Å². The van der Waals surface area contributed by atoms with Gasteiger partial charge in [-0.1, -0.05) is 20.3 Å². The minimum absolute atomic E-state index is 0.0345. The van der Waals surface area contributed by atoms with Crippen LogP contribution >= 0.6 is 0 Å². The summed E-state index contributed by atoms with van der Waals surface area (Å²) in [5, 5.41) is 14.6. The zero-order valence-corrected chi connectivity index (χ0v) is 12.7. The van der Waals surface area contributed by atoms with Crippen LogP contribution < -0.4 is 10.6 Å². The number of rotatable bonds is 5. The molecule has 0 fully saturated rings. The van der Waals surface area contributed by atoms with Crippen LogP contribution in [0.15, 0.2) is 18.2 Å². The number of aliphatic hydroxyl groups is 1. The molecule has 2 amide bonds. The van der Waals surface area contributed by atoms with Crippen LogP contribution in [0.1, 0.15) is 27.2 Å². The maximum Gasteiger partial charge on any atom is 0.313 e. The molecule has 0 aromatic heterocycles. The SMILES string of the molecule is CC[C@H](C)[C@](C)(O)CNC(=O)C(=O)Nc1ccc(F)c(F)c1. The minimum Gasteiger partial charge on any atom is -0.388 e. The summed E-state index contributed by atoms with van der Waals surface area (Å²) in [6, 6.07) is 2.76. The second kappa shape index (κ2) is 7.31. The first-order chi connectivity index (χ1) is 10.2. The molecule has 2 atom stereocenters. The zero-order valence-electron chi connectivity index (χ0n) is 12.7. The van der Waals surface area contributed by atoms with Crippen molar-refractivity contribution in [3.8, 4) is 0 Å². The average Bonchev–Trinajstić information content (AvgIpc) is 2.47. The Bertz CT molecular complexity index is 562. The van der Waals surface area contributed by atoms with Crippen LogP contribution in [0.3, 0.4) is 0 Å². The van der Waals surface area contributed by atoms with Gasteiger partial charge in [0.1, 0.15) is 0 Å². The van der Waals surface area contributed by atoms with Gasteiger partial charge >= 0.3 is 11.8 Å². The third-order valence-corrected chi connectivity index (χ3v) is 3.66. The standard InChI is InChI=1S/C15H20F2N2O3/c1-4-9(2)15(3,22)8-18-13(20)14(21)19-10-5-6-11(16)12(17)7-10/h5-7,9,22H,4,8H2,1-3H3,(H,18,20)(H,19,21)/t9-,15+/m0/s1. The van der Waals surface area contributed by atoms with Crippen LogP contribution in [0.4, 0.5) is 14.5 Å². The van der Waals surface area contributed by atoms with Crippen molar-refractivity contribution < 1.29 is 23.5 Å². The summed E-state index contributed by atoms with van der Waals surface area (Å²) in [7, 11) is 0. The number of benzene rings is 1. The average molecular weight is 314 g/mol. The lowest BCUT2D eigenvalue weighted by Gasteiger charge is -2.29. The van der Waals surface area contributed by atoms with Crippen LogP contribution in [-0.4, -0.2) is 29.1 Å². The fourth-order valence-corrected chi connectivity index (χ4v) is 1.72. The van der Waals surface area contributed by atoms with Gasteiger partial charge in [0.25, 0.3) is 0 Å². The molecule has 7 heteroatoms. The molecule has 1 rings (SSSR count). The Morgan fingerprint density at radius 1 is 1.27 bits per heavy atom. The smallest absolute Gasteiger partial charge is 0.313 e. The molecule has 0 bridgehead atoms. The van der Waals surface area contributed by atoms with Crippen LogP contribution in [0, 0.1) is 17.6 Å². The van der Waals surface area contributed by atoms with Crippen molar-refractivity contribution in [1.29, 1.82) is 0 Å². The second-order valence-corrected chi connectivity index (χ2v) is 5.43. The first-order valence-electron chi connectivity index (χ1n) is 6.94. The van der Waals surface area contributed by atoms with E-state index in [1.54, 1.807) is 6.92 Å². The number of anilines is 1. The summed E-state index contributed by atoms with van der Waals surface area (Å²) in [6.45, 7) is 5.20. The van der Waals surface area contributed by atoms with Crippen LogP contribution in [0.25, 0.3) is 0 Å². The highest BCUT2D eigenvalue weighted by Gasteiger charge is 2.28. The van der Waals surface area contributed by atoms with Crippen LogP contribution in [0.5, 0.6) is 0 Å². The van der Waals surface area contributed by atoms with E-state index < -0.39 is 29.0 Å². The number of carbonyl (C=O) groups is 2. The van der Waals surface area contributed by atoms with Gasteiger partial charge < -0.3 is 15.7 Å². The molecule has 1 aromatic carbocycles. The molecule has 22 heavy (non-hydrogen) atoms. The maximum atomic E-state index is 13.0. The van der Waals surface area contributed by atoms with E-state index >= 15 is 0 Å². The van der Waals surface area contributed by atoms with Gasteiger partial charge in [-0.2, -0.15) is 0 Å². The lowest BCUT2D eigenvalue weighted by atomic mass is 9.89. The largest absolute Gasteiger partial charge is 0.388 e. The van der Waals surface area contributed by atoms with Crippen molar-refractivity contribution in [3.63, 3.8) is 0 Å². The highest BCUT2D eigenvalue weighted by atomic mass is 19.2. The second-order valence-electron chi connectivity index (χ2n) is 5.43. The molecule has 0 aliphatic heterocycles. The summed E-state index contributed by atoms with van der Waals surface area (Å²) in [4.78, 5) is 23.3. The van der Waals surface area contributed by atoms with E-state index in [9.17, 15) is 23.5 Å². The highest BCUT2D eigenvalue weighted by Crippen LogP contribution is 2.18. The Labute approximate surface area is 127 Å². The lowest BCUT2D eigenvalue weighted by molar-refractivity contribution is -0.137. The molecule has 0 unspecified atom stereocenters. The fraction of sp³-hybridized carbons (Fsp3) is 0.467. The van der Waals surface area contributed by atoms with Gasteiger partial charge in [0.05, 0.1) is 5.60 Å². The fourth-order valence-electron chi connectivity index (χ4n) is 1.72. The van der Waals surface area contributed by atoms with Gasteiger partial charge in [-0.3, -0.25) is 9.59 Å². The van der Waals surface area contributed by atoms with Crippen molar-refractivity contribution >= 4 is 17.5 Å². The third-order valence-electron chi connectivity index (χ3n) is 3.66. The molecule has 0 radical (unpaired) electrons. The highest BCUT2D eigenvalue weighted by molar-refractivity contribution is 6.39. The Morgan fingerprint density at radius 2 is 1.91 bits per heavy atom. The minimum atomic E-state index is -1.15. The van der Waals surface area contributed by atoms with Gasteiger partial charge in [-0.25, -0.2) is 8.78 Å². The van der Waals surface area contributed by atoms with E-state index in [0.29, 0.717) is 6.42 Å². The molecule has 0 aliphatic rings. The van der Waals surface area contributed by atoms with Gasteiger partial charge in [-0.15, -0.1) is 0 Å². The molecule has 3 N–H and O–H groups in total. The summed E-state index contributed by atoms with van der Waals surface area (Å²) in [5.41, 5.74) is -1.18. The van der Waals surface area contributed by atoms with Gasteiger partial charge in [0.2, 0.25) is 0 Å². The van der Waals surface area contributed by atoms with Crippen LogP contribution in [0.2, 0.25) is 0 Å². The number of halogens is 2. The molecule has 0 aliphatic carbocycles. The quantitative estimate of drug-likeness (QED) is 0.725. The molecule has 1 aromatic rings. The van der Waals surface area contributed by atoms with Crippen molar-refractivity contribution in [2.75, 3.05) is 11.9 Å². The summed E-state index contributed by atoms with van der Waals surface area (Å²) in [6.07, 6.45) is 0.712.